The van der Waals surface area contributed by atoms with Gasteiger partial charge in [0.25, 0.3) is 5.91 Å². The fourth-order valence-electron chi connectivity index (χ4n) is 2.37. The number of nitrogens with one attached hydrogen (secondary N) is 1. The number of ether oxygens (including phenoxy) is 1. The van der Waals surface area contributed by atoms with E-state index in [0.717, 1.165) is 17.1 Å². The van der Waals surface area contributed by atoms with Crippen LogP contribution in [0.2, 0.25) is 0 Å². The molecule has 0 fully saturated rings. The fraction of sp³-hybridized carbons (Fsp3) is 0.412. The summed E-state index contributed by atoms with van der Waals surface area (Å²) in [5.74, 6) is -0.158. The molecule has 6 nitrogen and oxygen atoms in total. The maximum Gasteiger partial charge on any atom is 0.251 e. The lowest BCUT2D eigenvalue weighted by molar-refractivity contribution is 0.0587. The maximum atomic E-state index is 12.1. The van der Waals surface area contributed by atoms with Crippen molar-refractivity contribution in [1.82, 2.24) is 15.1 Å². The molecule has 1 atom stereocenters. The van der Waals surface area contributed by atoms with Gasteiger partial charge >= 0.3 is 0 Å². The standard InChI is InChI=1S/C17H23N3O3/c1-12-10-13(2)20(19-12)15-6-4-14(5-7-15)17(22)18-9-8-16(21)11-23-3/h4-7,10,16,21H,8-9,11H2,1-3H3,(H,18,22). The molecular formula is C17H23N3O3. The van der Waals surface area contributed by atoms with Crippen LogP contribution in [0.3, 0.4) is 0 Å². The second-order valence-corrected chi connectivity index (χ2v) is 5.54. The van der Waals surface area contributed by atoms with Gasteiger partial charge in [0.2, 0.25) is 0 Å². The SMILES string of the molecule is COCC(O)CCNC(=O)c1ccc(-n2nc(C)cc2C)cc1. The molecule has 0 radical (unpaired) electrons. The van der Waals surface area contributed by atoms with Crippen LogP contribution in [0.5, 0.6) is 0 Å². The van der Waals surface area contributed by atoms with Crippen LogP contribution >= 0.6 is 0 Å². The van der Waals surface area contributed by atoms with E-state index in [1.807, 2.05) is 36.7 Å². The molecule has 2 rings (SSSR count). The molecule has 23 heavy (non-hydrogen) atoms. The molecule has 0 saturated heterocycles. The molecule has 0 bridgehead atoms. The molecule has 124 valence electrons. The Morgan fingerprint density at radius 2 is 2.04 bits per heavy atom. The van der Waals surface area contributed by atoms with Gasteiger partial charge in [-0.25, -0.2) is 4.68 Å². The fourth-order valence-corrected chi connectivity index (χ4v) is 2.37. The summed E-state index contributed by atoms with van der Waals surface area (Å²) in [5, 5.41) is 16.7. The number of rotatable bonds is 7. The Bertz CT molecular complexity index is 650. The Hall–Kier alpha value is -2.18. The van der Waals surface area contributed by atoms with Gasteiger partial charge < -0.3 is 15.2 Å². The molecule has 1 aromatic carbocycles. The van der Waals surface area contributed by atoms with Crippen molar-refractivity contribution in [3.05, 3.63) is 47.3 Å². The first kappa shape index (κ1) is 17.2. The van der Waals surface area contributed by atoms with E-state index in [1.165, 1.54) is 7.11 Å². The van der Waals surface area contributed by atoms with E-state index in [4.69, 9.17) is 4.74 Å². The van der Waals surface area contributed by atoms with Crippen LogP contribution in [-0.2, 0) is 4.74 Å². The summed E-state index contributed by atoms with van der Waals surface area (Å²) < 4.78 is 6.69. The molecule has 1 unspecified atom stereocenters. The van der Waals surface area contributed by atoms with Gasteiger partial charge in [0, 0.05) is 24.9 Å². The van der Waals surface area contributed by atoms with E-state index < -0.39 is 6.10 Å². The van der Waals surface area contributed by atoms with Gasteiger partial charge in [-0.2, -0.15) is 5.10 Å². The summed E-state index contributed by atoms with van der Waals surface area (Å²) in [6, 6.07) is 9.29. The highest BCUT2D eigenvalue weighted by molar-refractivity contribution is 5.94. The third-order valence-corrected chi connectivity index (χ3v) is 3.51. The number of aliphatic hydroxyl groups is 1. The number of amides is 1. The Morgan fingerprint density at radius 1 is 1.35 bits per heavy atom. The first-order valence-corrected chi connectivity index (χ1v) is 7.60. The summed E-state index contributed by atoms with van der Waals surface area (Å²) in [6.45, 7) is 4.62. The zero-order valence-corrected chi connectivity index (χ0v) is 13.7. The molecule has 1 heterocycles. The summed E-state index contributed by atoms with van der Waals surface area (Å²) in [6.07, 6.45) is -0.0997. The number of aromatic nitrogens is 2. The molecule has 1 aromatic heterocycles. The average Bonchev–Trinajstić information content (AvgIpc) is 2.86. The van der Waals surface area contributed by atoms with Gasteiger partial charge in [0.05, 0.1) is 24.1 Å². The van der Waals surface area contributed by atoms with Gasteiger partial charge in [0.1, 0.15) is 0 Å². The number of aryl methyl sites for hydroxylation is 2. The minimum absolute atomic E-state index is 0.158. The van der Waals surface area contributed by atoms with Crippen molar-refractivity contribution in [1.29, 1.82) is 0 Å². The molecule has 0 spiro atoms. The number of carbonyl (C=O) groups excluding carboxylic acids is 1. The van der Waals surface area contributed by atoms with E-state index in [1.54, 1.807) is 12.1 Å². The van der Waals surface area contributed by atoms with Crippen LogP contribution in [0.1, 0.15) is 28.2 Å². The number of methoxy groups -OCH3 is 1. The van der Waals surface area contributed by atoms with E-state index in [2.05, 4.69) is 10.4 Å². The van der Waals surface area contributed by atoms with Crippen LogP contribution in [0, 0.1) is 13.8 Å². The monoisotopic (exact) mass is 317 g/mol. The van der Waals surface area contributed by atoms with Crippen LogP contribution in [0.4, 0.5) is 0 Å². The van der Waals surface area contributed by atoms with Gasteiger partial charge in [-0.3, -0.25) is 4.79 Å². The number of nitrogens with zero attached hydrogens (tertiary/aromatic N) is 2. The lowest BCUT2D eigenvalue weighted by atomic mass is 10.2. The smallest absolute Gasteiger partial charge is 0.251 e. The van der Waals surface area contributed by atoms with Gasteiger partial charge in [-0.05, 0) is 50.6 Å². The highest BCUT2D eigenvalue weighted by Gasteiger charge is 2.09. The molecule has 0 aliphatic rings. The zero-order valence-electron chi connectivity index (χ0n) is 13.7. The summed E-state index contributed by atoms with van der Waals surface area (Å²) in [7, 11) is 1.53. The number of benzene rings is 1. The number of hydrogen-bond donors (Lipinski definition) is 2. The minimum Gasteiger partial charge on any atom is -0.391 e. The number of carbonyl (C=O) groups is 1. The molecule has 6 heteroatoms. The van der Waals surface area contributed by atoms with Crippen molar-refractivity contribution < 1.29 is 14.6 Å². The van der Waals surface area contributed by atoms with Crippen LogP contribution in [-0.4, -0.2) is 47.2 Å². The third kappa shape index (κ3) is 4.64. The van der Waals surface area contributed by atoms with Crippen molar-refractivity contribution in [3.63, 3.8) is 0 Å². The Balaban J connectivity index is 1.94. The van der Waals surface area contributed by atoms with E-state index in [-0.39, 0.29) is 12.5 Å². The minimum atomic E-state index is -0.561. The average molecular weight is 317 g/mol. The quantitative estimate of drug-likeness (QED) is 0.813. The third-order valence-electron chi connectivity index (χ3n) is 3.51. The normalized spacial score (nSPS) is 12.2. The summed E-state index contributed by atoms with van der Waals surface area (Å²) >= 11 is 0. The van der Waals surface area contributed by atoms with Gasteiger partial charge in [-0.1, -0.05) is 0 Å². The van der Waals surface area contributed by atoms with Gasteiger partial charge in [-0.15, -0.1) is 0 Å². The predicted octanol–water partition coefficient (Wildman–Crippen LogP) is 1.62. The summed E-state index contributed by atoms with van der Waals surface area (Å²) in [4.78, 5) is 12.1. The highest BCUT2D eigenvalue weighted by Crippen LogP contribution is 2.13. The topological polar surface area (TPSA) is 76.4 Å². The van der Waals surface area contributed by atoms with Crippen LogP contribution < -0.4 is 5.32 Å². The summed E-state index contributed by atoms with van der Waals surface area (Å²) in [5.41, 5.74) is 3.50. The van der Waals surface area contributed by atoms with Crippen LogP contribution in [0.15, 0.2) is 30.3 Å². The number of hydrogen-bond acceptors (Lipinski definition) is 4. The Morgan fingerprint density at radius 3 is 2.61 bits per heavy atom. The largest absolute Gasteiger partial charge is 0.391 e. The molecule has 0 aliphatic heterocycles. The first-order chi connectivity index (χ1) is 11.0. The zero-order chi connectivity index (χ0) is 16.8. The number of aliphatic hydroxyl groups excluding tert-OH is 1. The van der Waals surface area contributed by atoms with Crippen molar-refractivity contribution in [2.75, 3.05) is 20.3 Å². The molecule has 0 aliphatic carbocycles. The van der Waals surface area contributed by atoms with Gasteiger partial charge in [0.15, 0.2) is 0 Å². The molecular weight excluding hydrogens is 294 g/mol. The maximum absolute atomic E-state index is 12.1. The van der Waals surface area contributed by atoms with Crippen molar-refractivity contribution in [3.8, 4) is 5.69 Å². The van der Waals surface area contributed by atoms with Crippen molar-refractivity contribution in [2.45, 2.75) is 26.4 Å². The molecule has 1 amide bonds. The van der Waals surface area contributed by atoms with E-state index in [0.29, 0.717) is 18.5 Å². The predicted molar refractivity (Wildman–Crippen MR) is 87.9 cm³/mol. The van der Waals surface area contributed by atoms with Crippen molar-refractivity contribution >= 4 is 5.91 Å². The first-order valence-electron chi connectivity index (χ1n) is 7.60. The van der Waals surface area contributed by atoms with Crippen LogP contribution in [0.25, 0.3) is 5.69 Å². The Kier molecular flexibility index (Phi) is 5.90. The molecule has 0 saturated carbocycles. The molecule has 2 aromatic rings. The second-order valence-electron chi connectivity index (χ2n) is 5.54. The van der Waals surface area contributed by atoms with E-state index in [9.17, 15) is 9.90 Å². The van der Waals surface area contributed by atoms with Crippen molar-refractivity contribution in [2.24, 2.45) is 0 Å². The Labute approximate surface area is 136 Å². The molecule has 2 N–H and O–H groups in total. The van der Waals surface area contributed by atoms with E-state index >= 15 is 0 Å². The second kappa shape index (κ2) is 7.89. The lowest BCUT2D eigenvalue weighted by Crippen LogP contribution is -2.28. The highest BCUT2D eigenvalue weighted by atomic mass is 16.5. The lowest BCUT2D eigenvalue weighted by Gasteiger charge is -2.10.